The van der Waals surface area contributed by atoms with Gasteiger partial charge in [-0.25, -0.2) is 4.90 Å². The van der Waals surface area contributed by atoms with Crippen LogP contribution in [0.4, 0.5) is 0 Å². The molecule has 0 fully saturated rings. The van der Waals surface area contributed by atoms with E-state index in [1.54, 1.807) is 6.20 Å². The van der Waals surface area contributed by atoms with Crippen LogP contribution in [0.1, 0.15) is 5.56 Å². The fourth-order valence-corrected chi connectivity index (χ4v) is 4.01. The number of pyridine rings is 1. The normalized spacial score (nSPS) is 18.4. The zero-order valence-electron chi connectivity index (χ0n) is 16.4. The lowest BCUT2D eigenvalue weighted by atomic mass is 10.0. The average molecular weight is 425 g/mol. The Balaban J connectivity index is 0.00000204. The Morgan fingerprint density at radius 1 is 0.935 bits per heavy atom. The van der Waals surface area contributed by atoms with Crippen LogP contribution in [0.2, 0.25) is 0 Å². The number of fused-ring (bicyclic) bond motifs is 2. The van der Waals surface area contributed by atoms with E-state index in [1.807, 2.05) is 79.2 Å². The lowest BCUT2D eigenvalue weighted by molar-refractivity contribution is -0.689. The number of nitrogens with one attached hydrogen (secondary N) is 1. The van der Waals surface area contributed by atoms with Gasteiger partial charge in [0, 0.05) is 28.7 Å². The van der Waals surface area contributed by atoms with E-state index in [0.717, 1.165) is 48.9 Å². The number of quaternary nitrogens is 1. The van der Waals surface area contributed by atoms with E-state index in [1.165, 1.54) is 0 Å². The number of benzene rings is 2. The fourth-order valence-electron chi connectivity index (χ4n) is 4.01. The van der Waals surface area contributed by atoms with Gasteiger partial charge in [0.15, 0.2) is 5.70 Å². The zero-order valence-corrected chi connectivity index (χ0v) is 17.1. The van der Waals surface area contributed by atoms with Gasteiger partial charge in [-0.3, -0.25) is 4.99 Å². The SMILES string of the molecule is [Cl-].[O-][n+]1c(-c2ccccc2)ccc2ccc(C3=NC(C4=CC=C4)=C4C=NC=C[NH+]34)cc21. The first-order valence-corrected chi connectivity index (χ1v) is 9.81. The number of amidine groups is 1. The number of hydrogen-bond acceptors (Lipinski definition) is 3. The van der Waals surface area contributed by atoms with Crippen LogP contribution in [-0.4, -0.2) is 12.1 Å². The number of aromatic nitrogens is 1. The molecule has 0 radical (unpaired) electrons. The summed E-state index contributed by atoms with van der Waals surface area (Å²) in [7, 11) is 0. The first kappa shape index (κ1) is 19.2. The van der Waals surface area contributed by atoms with E-state index in [9.17, 15) is 5.21 Å². The minimum Gasteiger partial charge on any atom is -1.00 e. The number of rotatable bonds is 3. The lowest BCUT2D eigenvalue weighted by Crippen LogP contribution is -3.08. The van der Waals surface area contributed by atoms with Crippen molar-refractivity contribution >= 4 is 23.0 Å². The van der Waals surface area contributed by atoms with Crippen LogP contribution < -0.4 is 22.0 Å². The van der Waals surface area contributed by atoms with Crippen LogP contribution in [0.5, 0.6) is 0 Å². The molecule has 2 aromatic carbocycles. The summed E-state index contributed by atoms with van der Waals surface area (Å²) in [5.41, 5.74) is 6.14. The van der Waals surface area contributed by atoms with Crippen LogP contribution in [0, 0.1) is 5.21 Å². The highest BCUT2D eigenvalue weighted by Gasteiger charge is 2.34. The largest absolute Gasteiger partial charge is 1.00 e. The maximum Gasteiger partial charge on any atom is 0.244 e. The Bertz CT molecular complexity index is 1400. The molecule has 3 aliphatic rings. The summed E-state index contributed by atoms with van der Waals surface area (Å²) >= 11 is 0. The molecule has 6 heteroatoms. The second-order valence-electron chi connectivity index (χ2n) is 7.36. The summed E-state index contributed by atoms with van der Waals surface area (Å²) in [5, 5.41) is 14.1. The Morgan fingerprint density at radius 2 is 1.74 bits per heavy atom. The molecule has 1 aromatic heterocycles. The molecule has 3 aromatic rings. The molecule has 150 valence electrons. The molecule has 6 rings (SSSR count). The van der Waals surface area contributed by atoms with Crippen molar-refractivity contribution in [3.63, 3.8) is 0 Å². The highest BCUT2D eigenvalue weighted by molar-refractivity contribution is 6.01. The van der Waals surface area contributed by atoms with Gasteiger partial charge < -0.3 is 17.6 Å². The van der Waals surface area contributed by atoms with E-state index in [4.69, 9.17) is 4.99 Å². The van der Waals surface area contributed by atoms with Crippen molar-refractivity contribution in [2.75, 3.05) is 0 Å². The molecule has 5 nitrogen and oxygen atoms in total. The second-order valence-corrected chi connectivity index (χ2v) is 7.36. The van der Waals surface area contributed by atoms with Gasteiger partial charge in [-0.15, -0.1) is 0 Å². The molecule has 31 heavy (non-hydrogen) atoms. The van der Waals surface area contributed by atoms with Crippen molar-refractivity contribution in [2.24, 2.45) is 9.98 Å². The minimum absolute atomic E-state index is 0. The predicted molar refractivity (Wildman–Crippen MR) is 118 cm³/mol. The van der Waals surface area contributed by atoms with Crippen molar-refractivity contribution in [1.82, 2.24) is 0 Å². The van der Waals surface area contributed by atoms with Gasteiger partial charge in [-0.2, -0.15) is 9.72 Å². The number of allylic oxidation sites excluding steroid dienone is 4. The molecule has 3 heterocycles. The quantitative estimate of drug-likeness (QED) is 0.469. The second kappa shape index (κ2) is 7.47. The topological polar surface area (TPSA) is 56.1 Å². The minimum atomic E-state index is 0. The molecule has 2 aliphatic heterocycles. The van der Waals surface area contributed by atoms with Gasteiger partial charge in [-0.05, 0) is 30.3 Å². The van der Waals surface area contributed by atoms with Gasteiger partial charge in [-0.1, -0.05) is 36.4 Å². The van der Waals surface area contributed by atoms with Gasteiger partial charge in [0.2, 0.25) is 17.0 Å². The highest BCUT2D eigenvalue weighted by Crippen LogP contribution is 2.26. The van der Waals surface area contributed by atoms with Crippen molar-refractivity contribution in [2.45, 2.75) is 0 Å². The summed E-state index contributed by atoms with van der Waals surface area (Å²) in [5.74, 6) is 0.871. The number of hydrogen-bond donors (Lipinski definition) is 1. The molecular weight excluding hydrogens is 408 g/mol. The summed E-state index contributed by atoms with van der Waals surface area (Å²) in [6.07, 6.45) is 11.7. The molecule has 0 saturated heterocycles. The zero-order chi connectivity index (χ0) is 20.1. The Morgan fingerprint density at radius 3 is 2.52 bits per heavy atom. The Hall–Kier alpha value is -3.80. The third-order valence-corrected chi connectivity index (χ3v) is 5.61. The van der Waals surface area contributed by atoms with Crippen LogP contribution in [0.25, 0.3) is 22.2 Å². The summed E-state index contributed by atoms with van der Waals surface area (Å²) in [6.45, 7) is 0. The maximum atomic E-state index is 13.2. The molecule has 0 spiro atoms. The average Bonchev–Trinajstić information content (AvgIpc) is 3.13. The van der Waals surface area contributed by atoms with Crippen molar-refractivity contribution in [3.8, 4) is 11.3 Å². The van der Waals surface area contributed by atoms with Crippen molar-refractivity contribution < 1.29 is 22.0 Å². The van der Waals surface area contributed by atoms with Crippen LogP contribution in [-0.2, 0) is 0 Å². The molecule has 1 N–H and O–H groups in total. The van der Waals surface area contributed by atoms with Gasteiger partial charge in [0.05, 0.1) is 18.0 Å². The van der Waals surface area contributed by atoms with Gasteiger partial charge in [0.25, 0.3) is 0 Å². The number of halogens is 1. The highest BCUT2D eigenvalue weighted by atomic mass is 35.5. The first-order chi connectivity index (χ1) is 14.8. The molecule has 1 atom stereocenters. The van der Waals surface area contributed by atoms with E-state index in [0.29, 0.717) is 11.2 Å². The van der Waals surface area contributed by atoms with E-state index in [-0.39, 0.29) is 12.4 Å². The van der Waals surface area contributed by atoms with E-state index in [2.05, 4.69) is 17.1 Å². The molecule has 0 amide bonds. The summed E-state index contributed by atoms with van der Waals surface area (Å²) in [4.78, 5) is 10.3. The molecule has 1 aliphatic carbocycles. The maximum absolute atomic E-state index is 13.2. The van der Waals surface area contributed by atoms with Crippen LogP contribution in [0.3, 0.4) is 0 Å². The van der Waals surface area contributed by atoms with Gasteiger partial charge >= 0.3 is 0 Å². The smallest absolute Gasteiger partial charge is 0.244 e. The summed E-state index contributed by atoms with van der Waals surface area (Å²) in [6, 6.07) is 19.5. The number of aliphatic imine (C=N–C) groups is 2. The third-order valence-electron chi connectivity index (χ3n) is 5.61. The number of nitrogens with zero attached hydrogens (tertiary/aromatic N) is 3. The van der Waals surface area contributed by atoms with E-state index < -0.39 is 0 Å². The van der Waals surface area contributed by atoms with Crippen molar-refractivity contribution in [3.05, 3.63) is 119 Å². The molecular formula is C25H17ClN4O. The summed E-state index contributed by atoms with van der Waals surface area (Å²) < 4.78 is 1.01. The Kier molecular flexibility index (Phi) is 4.62. The van der Waals surface area contributed by atoms with Crippen LogP contribution in [0.15, 0.2) is 118 Å². The van der Waals surface area contributed by atoms with E-state index >= 15 is 0 Å². The molecule has 0 saturated carbocycles. The standard InChI is InChI=1S/C25H16N4O.ClH/c30-29-21(17-5-2-1-3-6-17)12-11-18-9-10-20(15-22(18)29)25-27-24(19-7-4-8-19)23-16-26-13-14-28(23)25;/h1-16H;1H. The third kappa shape index (κ3) is 3.03. The van der Waals surface area contributed by atoms with Crippen molar-refractivity contribution in [1.29, 1.82) is 0 Å². The van der Waals surface area contributed by atoms with Gasteiger partial charge in [0.1, 0.15) is 11.9 Å². The van der Waals surface area contributed by atoms with Crippen LogP contribution >= 0.6 is 0 Å². The lowest BCUT2D eigenvalue weighted by Gasteiger charge is -2.14. The Labute approximate surface area is 185 Å². The molecule has 0 bridgehead atoms. The predicted octanol–water partition coefficient (Wildman–Crippen LogP) is 0.0527. The first-order valence-electron chi connectivity index (χ1n) is 9.81. The monoisotopic (exact) mass is 424 g/mol. The molecule has 1 unspecified atom stereocenters. The fraction of sp³-hybridized carbons (Fsp3) is 0.